The van der Waals surface area contributed by atoms with Crippen LogP contribution >= 0.6 is 11.6 Å². The third-order valence-electron chi connectivity index (χ3n) is 3.06. The molecule has 6 heteroatoms. The second-order valence-electron chi connectivity index (χ2n) is 4.57. The molecule has 0 saturated carbocycles. The second kappa shape index (κ2) is 4.77. The van der Waals surface area contributed by atoms with Gasteiger partial charge in [-0.2, -0.15) is 0 Å². The summed E-state index contributed by atoms with van der Waals surface area (Å²) < 4.78 is 5.54. The van der Waals surface area contributed by atoms with Crippen LogP contribution in [-0.4, -0.2) is 22.1 Å². The minimum atomic E-state index is -1.08. The number of oxazole rings is 1. The molecule has 102 valence electrons. The number of aliphatic carboxylic acids is 1. The lowest BCUT2D eigenvalue weighted by atomic mass is 10.1. The molecule has 0 aliphatic rings. The van der Waals surface area contributed by atoms with E-state index in [2.05, 4.69) is 4.98 Å². The van der Waals surface area contributed by atoms with Gasteiger partial charge in [-0.1, -0.05) is 17.7 Å². The van der Waals surface area contributed by atoms with E-state index in [-0.39, 0.29) is 6.42 Å². The van der Waals surface area contributed by atoms with Gasteiger partial charge in [0.05, 0.1) is 6.42 Å². The summed E-state index contributed by atoms with van der Waals surface area (Å²) >= 11 is 5.95. The first-order chi connectivity index (χ1) is 9.52. The van der Waals surface area contributed by atoms with Crippen LogP contribution in [0.2, 0.25) is 5.02 Å². The van der Waals surface area contributed by atoms with Crippen molar-refractivity contribution in [2.24, 2.45) is 5.73 Å². The highest BCUT2D eigenvalue weighted by molar-refractivity contribution is 6.31. The first-order valence-electron chi connectivity index (χ1n) is 6.00. The van der Waals surface area contributed by atoms with E-state index in [1.807, 2.05) is 24.3 Å². The largest absolute Gasteiger partial charge is 0.480 e. The molecule has 3 aromatic rings. The van der Waals surface area contributed by atoms with Crippen molar-refractivity contribution in [3.63, 3.8) is 0 Å². The number of carboxylic acids is 1. The Hall–Kier alpha value is -2.11. The van der Waals surface area contributed by atoms with Gasteiger partial charge in [-0.3, -0.25) is 4.79 Å². The number of rotatable bonds is 3. The number of carboxylic acid groups (broad SMARTS) is 1. The molecule has 2 aromatic carbocycles. The van der Waals surface area contributed by atoms with Crippen LogP contribution in [0.5, 0.6) is 0 Å². The summed E-state index contributed by atoms with van der Waals surface area (Å²) in [5, 5.41) is 11.4. The number of carbonyl (C=O) groups is 1. The van der Waals surface area contributed by atoms with Crippen molar-refractivity contribution >= 4 is 39.4 Å². The van der Waals surface area contributed by atoms with Gasteiger partial charge in [0.1, 0.15) is 11.6 Å². The fourth-order valence-corrected chi connectivity index (χ4v) is 2.23. The number of halogens is 1. The first kappa shape index (κ1) is 12.9. The van der Waals surface area contributed by atoms with Gasteiger partial charge in [0.25, 0.3) is 0 Å². The van der Waals surface area contributed by atoms with E-state index in [0.717, 1.165) is 10.8 Å². The molecule has 3 rings (SSSR count). The molecule has 0 aliphatic heterocycles. The lowest BCUT2D eigenvalue weighted by Gasteiger charge is -2.00. The molecular formula is C14H11ClN2O3. The van der Waals surface area contributed by atoms with Gasteiger partial charge in [0.2, 0.25) is 0 Å². The third kappa shape index (κ3) is 2.33. The van der Waals surface area contributed by atoms with E-state index in [1.165, 1.54) is 0 Å². The highest BCUT2D eigenvalue weighted by Gasteiger charge is 2.16. The Balaban J connectivity index is 2.06. The maximum absolute atomic E-state index is 10.7. The summed E-state index contributed by atoms with van der Waals surface area (Å²) in [5.41, 5.74) is 6.74. The average Bonchev–Trinajstić information content (AvgIpc) is 2.76. The van der Waals surface area contributed by atoms with Gasteiger partial charge in [-0.05, 0) is 35.0 Å². The van der Waals surface area contributed by atoms with E-state index in [0.29, 0.717) is 22.0 Å². The molecule has 3 N–H and O–H groups in total. The summed E-state index contributed by atoms with van der Waals surface area (Å²) in [7, 11) is 0. The summed E-state index contributed by atoms with van der Waals surface area (Å²) in [6, 6.07) is 8.22. The number of hydrogen-bond donors (Lipinski definition) is 2. The van der Waals surface area contributed by atoms with Crippen LogP contribution in [0.15, 0.2) is 34.7 Å². The van der Waals surface area contributed by atoms with Crippen molar-refractivity contribution in [2.45, 2.75) is 12.5 Å². The van der Waals surface area contributed by atoms with E-state index in [9.17, 15) is 4.79 Å². The monoisotopic (exact) mass is 290 g/mol. The second-order valence-corrected chi connectivity index (χ2v) is 5.00. The Labute approximate surface area is 119 Å². The molecule has 0 aliphatic carbocycles. The van der Waals surface area contributed by atoms with Crippen LogP contribution in [0.25, 0.3) is 21.9 Å². The Morgan fingerprint density at radius 1 is 1.35 bits per heavy atom. The van der Waals surface area contributed by atoms with Crippen molar-refractivity contribution in [1.29, 1.82) is 0 Å². The van der Waals surface area contributed by atoms with Crippen molar-refractivity contribution in [1.82, 2.24) is 4.98 Å². The van der Waals surface area contributed by atoms with Crippen LogP contribution in [-0.2, 0) is 11.2 Å². The molecular weight excluding hydrogens is 280 g/mol. The van der Waals surface area contributed by atoms with Gasteiger partial charge in [0, 0.05) is 5.02 Å². The van der Waals surface area contributed by atoms with Crippen molar-refractivity contribution in [3.05, 3.63) is 41.2 Å². The van der Waals surface area contributed by atoms with E-state index < -0.39 is 12.0 Å². The van der Waals surface area contributed by atoms with Crippen molar-refractivity contribution in [2.75, 3.05) is 0 Å². The SMILES string of the molecule is N[C@@H](Cc1nc2cc3cc(Cl)ccc3cc2o1)C(=O)O. The normalized spacial score (nSPS) is 12.9. The quantitative estimate of drug-likeness (QED) is 0.774. The Morgan fingerprint density at radius 2 is 2.15 bits per heavy atom. The minimum Gasteiger partial charge on any atom is -0.480 e. The topological polar surface area (TPSA) is 89.4 Å². The molecule has 1 aromatic heterocycles. The Kier molecular flexibility index (Phi) is 3.08. The minimum absolute atomic E-state index is 0.0567. The van der Waals surface area contributed by atoms with Crippen LogP contribution in [0.1, 0.15) is 5.89 Å². The summed E-state index contributed by atoms with van der Waals surface area (Å²) in [6.07, 6.45) is 0.0567. The Morgan fingerprint density at radius 3 is 2.90 bits per heavy atom. The predicted molar refractivity (Wildman–Crippen MR) is 75.8 cm³/mol. The predicted octanol–water partition coefficient (Wildman–Crippen LogP) is 2.59. The number of nitrogens with zero attached hydrogens (tertiary/aromatic N) is 1. The highest BCUT2D eigenvalue weighted by Crippen LogP contribution is 2.26. The summed E-state index contributed by atoms with van der Waals surface area (Å²) in [4.78, 5) is 15.0. The molecule has 0 fully saturated rings. The summed E-state index contributed by atoms with van der Waals surface area (Å²) in [5.74, 6) is -0.763. The zero-order chi connectivity index (χ0) is 14.3. The third-order valence-corrected chi connectivity index (χ3v) is 3.30. The molecule has 0 spiro atoms. The molecule has 0 bridgehead atoms. The summed E-state index contributed by atoms with van der Waals surface area (Å²) in [6.45, 7) is 0. The smallest absolute Gasteiger partial charge is 0.321 e. The maximum atomic E-state index is 10.7. The lowest BCUT2D eigenvalue weighted by Crippen LogP contribution is -2.32. The molecule has 1 atom stereocenters. The molecule has 5 nitrogen and oxygen atoms in total. The molecule has 0 amide bonds. The van der Waals surface area contributed by atoms with Crippen LogP contribution in [0.4, 0.5) is 0 Å². The molecule has 0 saturated heterocycles. The number of nitrogens with two attached hydrogens (primary N) is 1. The standard InChI is InChI=1S/C14H11ClN2O3/c15-9-2-1-7-5-12-11(4-8(7)3-9)17-13(20-12)6-10(16)14(18)19/h1-5,10H,6,16H2,(H,18,19)/t10-/m0/s1. The molecule has 1 heterocycles. The number of fused-ring (bicyclic) bond motifs is 2. The van der Waals surface area contributed by atoms with Gasteiger partial charge in [-0.25, -0.2) is 4.98 Å². The number of hydrogen-bond acceptors (Lipinski definition) is 4. The van der Waals surface area contributed by atoms with E-state index in [4.69, 9.17) is 26.9 Å². The Bertz CT molecular complexity index is 813. The number of benzene rings is 2. The van der Waals surface area contributed by atoms with Crippen molar-refractivity contribution in [3.8, 4) is 0 Å². The molecule has 0 radical (unpaired) electrons. The zero-order valence-corrected chi connectivity index (χ0v) is 11.1. The van der Waals surface area contributed by atoms with Crippen LogP contribution in [0.3, 0.4) is 0 Å². The van der Waals surface area contributed by atoms with Crippen molar-refractivity contribution < 1.29 is 14.3 Å². The van der Waals surface area contributed by atoms with Crippen LogP contribution in [0, 0.1) is 0 Å². The van der Waals surface area contributed by atoms with Crippen LogP contribution < -0.4 is 5.73 Å². The van der Waals surface area contributed by atoms with Gasteiger partial charge < -0.3 is 15.3 Å². The fraction of sp³-hybridized carbons (Fsp3) is 0.143. The van der Waals surface area contributed by atoms with Gasteiger partial charge in [0.15, 0.2) is 11.5 Å². The van der Waals surface area contributed by atoms with Gasteiger partial charge >= 0.3 is 5.97 Å². The van der Waals surface area contributed by atoms with E-state index in [1.54, 1.807) is 6.07 Å². The number of aromatic nitrogens is 1. The average molecular weight is 291 g/mol. The first-order valence-corrected chi connectivity index (χ1v) is 6.38. The molecule has 0 unspecified atom stereocenters. The van der Waals surface area contributed by atoms with E-state index >= 15 is 0 Å². The fourth-order valence-electron chi connectivity index (χ4n) is 2.05. The highest BCUT2D eigenvalue weighted by atomic mass is 35.5. The zero-order valence-electron chi connectivity index (χ0n) is 10.3. The maximum Gasteiger partial charge on any atom is 0.321 e. The molecule has 20 heavy (non-hydrogen) atoms. The van der Waals surface area contributed by atoms with Gasteiger partial charge in [-0.15, -0.1) is 0 Å². The lowest BCUT2D eigenvalue weighted by molar-refractivity contribution is -0.138.